The van der Waals surface area contributed by atoms with Gasteiger partial charge in [0.25, 0.3) is 5.56 Å². The van der Waals surface area contributed by atoms with Crippen LogP contribution in [-0.4, -0.2) is 24.7 Å². The molecule has 2 heterocycles. The molecule has 0 radical (unpaired) electrons. The lowest BCUT2D eigenvalue weighted by molar-refractivity contribution is 0.103. The Balaban J connectivity index is 2.26. The van der Waals surface area contributed by atoms with Gasteiger partial charge < -0.3 is 5.10 Å². The third-order valence-corrected chi connectivity index (χ3v) is 4.17. The Morgan fingerprint density at radius 1 is 1.08 bits per heavy atom. The van der Waals surface area contributed by atoms with E-state index in [9.17, 15) is 14.4 Å². The molecule has 0 fully saturated rings. The molecule has 0 saturated heterocycles. The van der Waals surface area contributed by atoms with Crippen LogP contribution in [0, 0.1) is 0 Å². The first kappa shape index (κ1) is 16.0. The summed E-state index contributed by atoms with van der Waals surface area (Å²) in [4.78, 5) is 37.2. The Hall–Kier alpha value is -2.83. The molecule has 0 amide bonds. The number of rotatable bonds is 2. The molecule has 0 aliphatic carbocycles. The zero-order valence-electron chi connectivity index (χ0n) is 14.4. The molecule has 24 heavy (non-hydrogen) atoms. The predicted molar refractivity (Wildman–Crippen MR) is 91.6 cm³/mol. The number of ketones is 1. The summed E-state index contributed by atoms with van der Waals surface area (Å²) in [6.45, 7) is 5.80. The minimum Gasteiger partial charge on any atom is -0.302 e. The molecule has 0 atom stereocenters. The largest absolute Gasteiger partial charge is 0.329 e. The number of H-pyrrole nitrogens is 1. The Kier molecular flexibility index (Phi) is 3.40. The van der Waals surface area contributed by atoms with Crippen molar-refractivity contribution >= 4 is 16.8 Å². The molecule has 0 aliphatic heterocycles. The number of carbonyl (C=O) groups is 1. The lowest BCUT2D eigenvalue weighted by Gasteiger charge is -2.20. The number of aromatic amines is 1. The Morgan fingerprint density at radius 2 is 1.75 bits per heavy atom. The molecule has 3 rings (SSSR count). The number of benzene rings is 1. The number of aromatic nitrogens is 4. The first-order chi connectivity index (χ1) is 11.1. The number of carbonyl (C=O) groups excluding carboxylic acids is 1. The normalized spacial score (nSPS) is 12.0. The van der Waals surface area contributed by atoms with Gasteiger partial charge in [-0.25, -0.2) is 4.79 Å². The van der Waals surface area contributed by atoms with Crippen LogP contribution in [0.3, 0.4) is 0 Å². The van der Waals surface area contributed by atoms with Crippen molar-refractivity contribution in [3.8, 4) is 0 Å². The first-order valence-electron chi connectivity index (χ1n) is 7.64. The molecular weight excluding hydrogens is 308 g/mol. The number of hydrogen-bond donors (Lipinski definition) is 1. The van der Waals surface area contributed by atoms with Gasteiger partial charge in [-0.15, -0.1) is 0 Å². The number of aryl methyl sites for hydroxylation is 2. The zero-order valence-corrected chi connectivity index (χ0v) is 14.4. The summed E-state index contributed by atoms with van der Waals surface area (Å²) in [6, 6.07) is 5.06. The van der Waals surface area contributed by atoms with Crippen LogP contribution >= 0.6 is 0 Å². The van der Waals surface area contributed by atoms with Crippen LogP contribution in [0.1, 0.15) is 36.7 Å². The number of hydrogen-bond acceptors (Lipinski definition) is 3. The molecule has 7 nitrogen and oxygen atoms in total. The van der Waals surface area contributed by atoms with Crippen molar-refractivity contribution in [2.24, 2.45) is 14.1 Å². The molecule has 2 aromatic heterocycles. The summed E-state index contributed by atoms with van der Waals surface area (Å²) in [5, 5.41) is 2.70. The number of imidazole rings is 1. The minimum absolute atomic E-state index is 0.0810. The molecule has 0 saturated carbocycles. The van der Waals surface area contributed by atoms with Crippen molar-refractivity contribution < 1.29 is 4.79 Å². The molecule has 0 bridgehead atoms. The second-order valence-corrected chi connectivity index (χ2v) is 6.93. The highest BCUT2D eigenvalue weighted by molar-refractivity contribution is 6.10. The fourth-order valence-corrected chi connectivity index (χ4v) is 2.91. The van der Waals surface area contributed by atoms with E-state index < -0.39 is 5.54 Å². The molecular formula is C17H20N4O3. The van der Waals surface area contributed by atoms with E-state index in [0.717, 1.165) is 5.52 Å². The van der Waals surface area contributed by atoms with E-state index in [0.29, 0.717) is 11.1 Å². The van der Waals surface area contributed by atoms with Gasteiger partial charge in [-0.3, -0.25) is 23.4 Å². The van der Waals surface area contributed by atoms with Crippen LogP contribution in [0.4, 0.5) is 0 Å². The van der Waals surface area contributed by atoms with E-state index in [-0.39, 0.29) is 22.6 Å². The van der Waals surface area contributed by atoms with Crippen molar-refractivity contribution in [2.45, 2.75) is 26.3 Å². The lowest BCUT2D eigenvalue weighted by atomic mass is 10.0. The molecule has 3 aromatic rings. The lowest BCUT2D eigenvalue weighted by Crippen LogP contribution is -2.34. The van der Waals surface area contributed by atoms with Crippen LogP contribution < -0.4 is 11.2 Å². The Labute approximate surface area is 138 Å². The maximum atomic E-state index is 12.6. The molecule has 0 spiro atoms. The van der Waals surface area contributed by atoms with E-state index >= 15 is 0 Å². The van der Waals surface area contributed by atoms with Gasteiger partial charge in [-0.1, -0.05) is 0 Å². The summed E-state index contributed by atoms with van der Waals surface area (Å²) >= 11 is 0. The third kappa shape index (κ3) is 2.24. The van der Waals surface area contributed by atoms with E-state index in [2.05, 4.69) is 5.10 Å². The van der Waals surface area contributed by atoms with Gasteiger partial charge in [0, 0.05) is 31.4 Å². The maximum Gasteiger partial charge on any atom is 0.329 e. The summed E-state index contributed by atoms with van der Waals surface area (Å²) < 4.78 is 4.47. The second kappa shape index (κ2) is 5.09. The van der Waals surface area contributed by atoms with Crippen molar-refractivity contribution in [1.29, 1.82) is 0 Å². The summed E-state index contributed by atoms with van der Waals surface area (Å²) in [5.41, 5.74) is 0.936. The van der Waals surface area contributed by atoms with E-state index in [1.54, 1.807) is 41.4 Å². The van der Waals surface area contributed by atoms with E-state index in [1.807, 2.05) is 20.8 Å². The quantitative estimate of drug-likeness (QED) is 0.721. The second-order valence-electron chi connectivity index (χ2n) is 6.93. The molecule has 0 aliphatic rings. The van der Waals surface area contributed by atoms with Crippen LogP contribution in [0.5, 0.6) is 0 Å². The first-order valence-corrected chi connectivity index (χ1v) is 7.64. The highest BCUT2D eigenvalue weighted by Gasteiger charge is 2.23. The molecule has 126 valence electrons. The van der Waals surface area contributed by atoms with Crippen LogP contribution in [0.15, 0.2) is 34.0 Å². The van der Waals surface area contributed by atoms with Gasteiger partial charge in [0.1, 0.15) is 5.56 Å². The minimum atomic E-state index is -0.428. The third-order valence-electron chi connectivity index (χ3n) is 4.17. The van der Waals surface area contributed by atoms with Gasteiger partial charge in [0.2, 0.25) is 0 Å². The van der Waals surface area contributed by atoms with Crippen molar-refractivity contribution in [3.63, 3.8) is 0 Å². The van der Waals surface area contributed by atoms with E-state index in [4.69, 9.17) is 0 Å². The van der Waals surface area contributed by atoms with E-state index in [1.165, 1.54) is 10.9 Å². The fourth-order valence-electron chi connectivity index (χ4n) is 2.91. The van der Waals surface area contributed by atoms with Gasteiger partial charge >= 0.3 is 5.69 Å². The fraction of sp³-hybridized carbons (Fsp3) is 0.353. The average Bonchev–Trinajstić information content (AvgIpc) is 2.96. The van der Waals surface area contributed by atoms with Crippen molar-refractivity contribution in [2.75, 3.05) is 0 Å². The predicted octanol–water partition coefficient (Wildman–Crippen LogP) is 1.35. The highest BCUT2D eigenvalue weighted by Crippen LogP contribution is 2.22. The van der Waals surface area contributed by atoms with Crippen molar-refractivity contribution in [1.82, 2.24) is 18.9 Å². The summed E-state index contributed by atoms with van der Waals surface area (Å²) in [7, 11) is 3.26. The number of fused-ring (bicyclic) bond motifs is 1. The topological polar surface area (TPSA) is 81.8 Å². The smallest absolute Gasteiger partial charge is 0.302 e. The highest BCUT2D eigenvalue weighted by atomic mass is 16.2. The number of nitrogens with zero attached hydrogens (tertiary/aromatic N) is 3. The summed E-state index contributed by atoms with van der Waals surface area (Å²) in [5.74, 6) is -0.365. The zero-order chi connectivity index (χ0) is 17.8. The Morgan fingerprint density at radius 3 is 2.29 bits per heavy atom. The molecule has 7 heteroatoms. The van der Waals surface area contributed by atoms with Gasteiger partial charge in [0.15, 0.2) is 5.78 Å². The van der Waals surface area contributed by atoms with Gasteiger partial charge in [-0.05, 0) is 39.0 Å². The van der Waals surface area contributed by atoms with Crippen LogP contribution in [-0.2, 0) is 19.6 Å². The monoisotopic (exact) mass is 328 g/mol. The molecule has 0 unspecified atom stereocenters. The Bertz CT molecular complexity index is 1070. The summed E-state index contributed by atoms with van der Waals surface area (Å²) in [6.07, 6.45) is 1.40. The molecule has 1 aromatic carbocycles. The number of nitrogens with one attached hydrogen (secondary N) is 1. The SMILES string of the molecule is Cn1[nH]cc(C(=O)c2ccc3c(c2)n(C(C)(C)C)c(=O)n3C)c1=O. The molecule has 1 N–H and O–H groups in total. The van der Waals surface area contributed by atoms with Crippen molar-refractivity contribution in [3.05, 3.63) is 56.4 Å². The van der Waals surface area contributed by atoms with Gasteiger partial charge in [-0.2, -0.15) is 0 Å². The average molecular weight is 328 g/mol. The standard InChI is InChI=1S/C17H20N4O3/c1-17(2,3)21-13-8-10(6-7-12(13)19(4)16(21)24)14(22)11-9-18-20(5)15(11)23/h6-9,18H,1-5H3. The maximum absolute atomic E-state index is 12.6. The van der Waals surface area contributed by atoms with Gasteiger partial charge in [0.05, 0.1) is 11.0 Å². The van der Waals surface area contributed by atoms with Crippen LogP contribution in [0.25, 0.3) is 11.0 Å². The van der Waals surface area contributed by atoms with Crippen LogP contribution in [0.2, 0.25) is 0 Å².